The van der Waals surface area contributed by atoms with Gasteiger partial charge in [0, 0.05) is 12.7 Å². The molecule has 1 aromatic rings. The molecule has 1 atom stereocenters. The van der Waals surface area contributed by atoms with E-state index in [0.29, 0.717) is 6.42 Å². The van der Waals surface area contributed by atoms with Crippen LogP contribution in [0.3, 0.4) is 0 Å². The number of aliphatic hydroxyl groups is 1. The summed E-state index contributed by atoms with van der Waals surface area (Å²) in [5.74, 6) is 1.57. The average Bonchev–Trinajstić information content (AvgIpc) is 2.58. The number of hydrogen-bond acceptors (Lipinski definition) is 4. The molecule has 0 amide bonds. The summed E-state index contributed by atoms with van der Waals surface area (Å²) in [4.78, 5) is 0. The maximum Gasteiger partial charge on any atom is 0.191 e. The van der Waals surface area contributed by atoms with Crippen LogP contribution in [-0.2, 0) is 10.8 Å². The Morgan fingerprint density at radius 2 is 1.70 bits per heavy atom. The van der Waals surface area contributed by atoms with Crippen LogP contribution < -0.4 is 9.47 Å². The summed E-state index contributed by atoms with van der Waals surface area (Å²) in [5, 5.41) is 10.7. The van der Waals surface area contributed by atoms with E-state index in [1.807, 2.05) is 19.1 Å². The van der Waals surface area contributed by atoms with E-state index >= 15 is 0 Å². The minimum absolute atomic E-state index is 0.263. The van der Waals surface area contributed by atoms with Crippen molar-refractivity contribution in [3.05, 3.63) is 23.3 Å². The molecule has 0 bridgehead atoms. The third kappa shape index (κ3) is 7.47. The predicted octanol–water partition coefficient (Wildman–Crippen LogP) is 5.50. The maximum absolute atomic E-state index is 10.4. The molecule has 1 N–H and O–H groups in total. The first-order chi connectivity index (χ1) is 12.5. The van der Waals surface area contributed by atoms with Crippen molar-refractivity contribution in [3.63, 3.8) is 0 Å². The van der Waals surface area contributed by atoms with E-state index in [1.165, 1.54) is 0 Å². The SMILES string of the molecule is COc1cc(C[C@H](O)CCCCCO[Si](C)(C)C(C)(C)C)c(C)c(OC)c1. The van der Waals surface area contributed by atoms with Crippen molar-refractivity contribution in [2.45, 2.75) is 84.0 Å². The Morgan fingerprint density at radius 1 is 1.04 bits per heavy atom. The average molecular weight is 397 g/mol. The van der Waals surface area contributed by atoms with E-state index in [4.69, 9.17) is 13.9 Å². The standard InChI is InChI=1S/C22H40O4Si/c1-17-18(15-20(24-5)16-21(17)25-6)14-19(23)12-10-9-11-13-26-27(7,8)22(2,3)4/h15-16,19,23H,9-14H2,1-8H3/t19-/m1/s1. The van der Waals surface area contributed by atoms with Crippen LogP contribution in [0.15, 0.2) is 12.1 Å². The zero-order valence-corrected chi connectivity index (χ0v) is 19.6. The van der Waals surface area contributed by atoms with Gasteiger partial charge >= 0.3 is 0 Å². The van der Waals surface area contributed by atoms with Crippen LogP contribution in [0.5, 0.6) is 11.5 Å². The fraction of sp³-hybridized carbons (Fsp3) is 0.727. The van der Waals surface area contributed by atoms with Crippen molar-refractivity contribution in [1.29, 1.82) is 0 Å². The van der Waals surface area contributed by atoms with E-state index in [1.54, 1.807) is 14.2 Å². The number of hydrogen-bond donors (Lipinski definition) is 1. The van der Waals surface area contributed by atoms with Gasteiger partial charge in [0.1, 0.15) is 11.5 Å². The van der Waals surface area contributed by atoms with Gasteiger partial charge in [-0.05, 0) is 61.5 Å². The lowest BCUT2D eigenvalue weighted by Crippen LogP contribution is -2.40. The molecule has 0 saturated carbocycles. The molecule has 0 spiro atoms. The zero-order valence-electron chi connectivity index (χ0n) is 18.6. The maximum atomic E-state index is 10.4. The lowest BCUT2D eigenvalue weighted by molar-refractivity contribution is 0.159. The van der Waals surface area contributed by atoms with Gasteiger partial charge in [0.15, 0.2) is 8.32 Å². The van der Waals surface area contributed by atoms with Crippen molar-refractivity contribution in [3.8, 4) is 11.5 Å². The van der Waals surface area contributed by atoms with Crippen LogP contribution in [0.25, 0.3) is 0 Å². The Bertz CT molecular complexity index is 578. The Balaban J connectivity index is 2.39. The summed E-state index contributed by atoms with van der Waals surface area (Å²) in [5.41, 5.74) is 2.15. The van der Waals surface area contributed by atoms with Crippen molar-refractivity contribution >= 4 is 8.32 Å². The minimum Gasteiger partial charge on any atom is -0.497 e. The highest BCUT2D eigenvalue weighted by molar-refractivity contribution is 6.74. The summed E-state index contributed by atoms with van der Waals surface area (Å²) >= 11 is 0. The van der Waals surface area contributed by atoms with Crippen molar-refractivity contribution < 1.29 is 19.0 Å². The largest absolute Gasteiger partial charge is 0.497 e. The van der Waals surface area contributed by atoms with Crippen LogP contribution in [-0.4, -0.2) is 40.4 Å². The van der Waals surface area contributed by atoms with Gasteiger partial charge in [-0.1, -0.05) is 33.6 Å². The number of ether oxygens (including phenoxy) is 2. The number of benzene rings is 1. The molecule has 1 aromatic carbocycles. The molecule has 0 heterocycles. The molecule has 4 nitrogen and oxygen atoms in total. The first kappa shape index (κ1) is 24.0. The highest BCUT2D eigenvalue weighted by atomic mass is 28.4. The topological polar surface area (TPSA) is 47.9 Å². The van der Waals surface area contributed by atoms with Crippen molar-refractivity contribution in [2.24, 2.45) is 0 Å². The monoisotopic (exact) mass is 396 g/mol. The first-order valence-corrected chi connectivity index (χ1v) is 13.0. The van der Waals surface area contributed by atoms with Gasteiger partial charge in [-0.25, -0.2) is 0 Å². The Hall–Kier alpha value is -1.04. The highest BCUT2D eigenvalue weighted by Gasteiger charge is 2.36. The molecule has 156 valence electrons. The summed E-state index contributed by atoms with van der Waals surface area (Å²) in [7, 11) is 1.67. The number of rotatable bonds is 11. The summed E-state index contributed by atoms with van der Waals surface area (Å²) < 4.78 is 17.0. The van der Waals surface area contributed by atoms with Gasteiger partial charge in [-0.15, -0.1) is 0 Å². The quantitative estimate of drug-likeness (QED) is 0.396. The molecular weight excluding hydrogens is 356 g/mol. The third-order valence-corrected chi connectivity index (χ3v) is 10.3. The molecule has 27 heavy (non-hydrogen) atoms. The molecule has 0 aliphatic rings. The normalized spacial score (nSPS) is 13.5. The van der Waals surface area contributed by atoms with Gasteiger partial charge in [0.2, 0.25) is 0 Å². The summed E-state index contributed by atoms with van der Waals surface area (Å²) in [6.07, 6.45) is 4.25. The molecule has 5 heteroatoms. The van der Waals surface area contributed by atoms with E-state index < -0.39 is 8.32 Å². The van der Waals surface area contributed by atoms with E-state index in [-0.39, 0.29) is 11.1 Å². The summed E-state index contributed by atoms with van der Waals surface area (Å²) in [6.45, 7) is 14.3. The van der Waals surface area contributed by atoms with Gasteiger partial charge in [0.25, 0.3) is 0 Å². The van der Waals surface area contributed by atoms with E-state index in [0.717, 1.165) is 54.9 Å². The molecule has 0 aromatic heterocycles. The number of methoxy groups -OCH3 is 2. The van der Waals surface area contributed by atoms with E-state index in [2.05, 4.69) is 33.9 Å². The smallest absolute Gasteiger partial charge is 0.191 e. The molecule has 0 unspecified atom stereocenters. The Morgan fingerprint density at radius 3 is 2.26 bits per heavy atom. The van der Waals surface area contributed by atoms with Crippen LogP contribution in [0.4, 0.5) is 0 Å². The van der Waals surface area contributed by atoms with Crippen molar-refractivity contribution in [2.75, 3.05) is 20.8 Å². The van der Waals surface area contributed by atoms with Gasteiger partial charge in [-0.3, -0.25) is 0 Å². The van der Waals surface area contributed by atoms with Crippen LogP contribution >= 0.6 is 0 Å². The van der Waals surface area contributed by atoms with Crippen LogP contribution in [0.1, 0.15) is 57.6 Å². The van der Waals surface area contributed by atoms with Crippen LogP contribution in [0.2, 0.25) is 18.1 Å². The highest BCUT2D eigenvalue weighted by Crippen LogP contribution is 2.36. The fourth-order valence-electron chi connectivity index (χ4n) is 2.82. The minimum atomic E-state index is -1.64. The van der Waals surface area contributed by atoms with Crippen molar-refractivity contribution in [1.82, 2.24) is 0 Å². The lowest BCUT2D eigenvalue weighted by Gasteiger charge is -2.36. The molecule has 0 radical (unpaired) electrons. The van der Waals surface area contributed by atoms with Gasteiger partial charge in [0.05, 0.1) is 20.3 Å². The lowest BCUT2D eigenvalue weighted by atomic mass is 9.98. The third-order valence-electron chi connectivity index (χ3n) is 5.80. The molecule has 1 rings (SSSR count). The molecule has 0 fully saturated rings. The number of unbranched alkanes of at least 4 members (excludes halogenated alkanes) is 2. The number of aliphatic hydroxyl groups excluding tert-OH is 1. The second-order valence-electron chi connectivity index (χ2n) is 8.93. The fourth-order valence-corrected chi connectivity index (χ4v) is 3.91. The zero-order chi connectivity index (χ0) is 20.7. The predicted molar refractivity (Wildman–Crippen MR) is 116 cm³/mol. The Kier molecular flexibility index (Phi) is 9.32. The van der Waals surface area contributed by atoms with Crippen LogP contribution in [0, 0.1) is 6.92 Å². The summed E-state index contributed by atoms with van der Waals surface area (Å²) in [6, 6.07) is 3.88. The Labute approximate surface area is 167 Å². The van der Waals surface area contributed by atoms with Gasteiger partial charge in [-0.2, -0.15) is 0 Å². The molecular formula is C22H40O4Si. The molecule has 0 aliphatic heterocycles. The second-order valence-corrected chi connectivity index (χ2v) is 13.7. The second kappa shape index (κ2) is 10.5. The van der Waals surface area contributed by atoms with Gasteiger partial charge < -0.3 is 19.0 Å². The first-order valence-electron chi connectivity index (χ1n) is 10.1. The van der Waals surface area contributed by atoms with E-state index in [9.17, 15) is 5.11 Å². The molecule has 0 aliphatic carbocycles. The molecule has 0 saturated heterocycles.